The lowest BCUT2D eigenvalue weighted by Crippen LogP contribution is -2.05. The Balaban J connectivity index is 2.92. The number of nitrogens with zero attached hydrogens (tertiary/aromatic N) is 1. The number of hydrogen-bond donors (Lipinski definition) is 1. The fourth-order valence-electron chi connectivity index (χ4n) is 1.04. The lowest BCUT2D eigenvalue weighted by Gasteiger charge is -2.07. The smallest absolute Gasteiger partial charge is 0.304 e. The highest BCUT2D eigenvalue weighted by molar-refractivity contribution is 5.99. The number of rotatable bonds is 2. The van der Waals surface area contributed by atoms with Gasteiger partial charge in [-0.1, -0.05) is 12.1 Å². The highest BCUT2D eigenvalue weighted by atomic mass is 19.4. The van der Waals surface area contributed by atoms with Crippen LogP contribution in [0, 0.1) is 16.7 Å². The molecule has 0 fully saturated rings. The van der Waals surface area contributed by atoms with Crippen molar-refractivity contribution >= 4 is 5.71 Å². The van der Waals surface area contributed by atoms with Gasteiger partial charge >= 0.3 is 6.18 Å². The zero-order valence-electron chi connectivity index (χ0n) is 7.60. The molecule has 1 aromatic carbocycles. The van der Waals surface area contributed by atoms with Crippen molar-refractivity contribution in [3.05, 3.63) is 35.4 Å². The van der Waals surface area contributed by atoms with Crippen molar-refractivity contribution in [2.24, 2.45) is 0 Å². The molecule has 0 aliphatic heterocycles. The molecule has 5 heteroatoms. The van der Waals surface area contributed by atoms with E-state index in [0.717, 1.165) is 12.1 Å². The third kappa shape index (κ3) is 2.81. The van der Waals surface area contributed by atoms with Crippen LogP contribution in [0.2, 0.25) is 0 Å². The number of alkyl halides is 3. The Hall–Kier alpha value is -1.83. The van der Waals surface area contributed by atoms with Gasteiger partial charge < -0.3 is 5.41 Å². The van der Waals surface area contributed by atoms with E-state index in [1.165, 1.54) is 12.1 Å². The van der Waals surface area contributed by atoms with E-state index in [9.17, 15) is 13.2 Å². The first kappa shape index (κ1) is 11.2. The average molecular weight is 212 g/mol. The topological polar surface area (TPSA) is 47.6 Å². The van der Waals surface area contributed by atoms with Crippen LogP contribution in [0.25, 0.3) is 0 Å². The van der Waals surface area contributed by atoms with Crippen molar-refractivity contribution in [1.29, 1.82) is 10.7 Å². The van der Waals surface area contributed by atoms with Gasteiger partial charge in [0.05, 0.1) is 23.8 Å². The maximum absolute atomic E-state index is 12.2. The van der Waals surface area contributed by atoms with Gasteiger partial charge in [0.25, 0.3) is 0 Å². The van der Waals surface area contributed by atoms with Crippen LogP contribution in [0.5, 0.6) is 0 Å². The van der Waals surface area contributed by atoms with Gasteiger partial charge in [0.15, 0.2) is 0 Å². The highest BCUT2D eigenvalue weighted by Crippen LogP contribution is 2.29. The average Bonchev–Trinajstić information content (AvgIpc) is 2.17. The molecule has 0 aliphatic carbocycles. The monoisotopic (exact) mass is 212 g/mol. The predicted octanol–water partition coefficient (Wildman–Crippen LogP) is 2.99. The Bertz CT molecular complexity index is 398. The second kappa shape index (κ2) is 4.13. The summed E-state index contributed by atoms with van der Waals surface area (Å²) in [5.41, 5.74) is -0.396. The summed E-state index contributed by atoms with van der Waals surface area (Å²) in [5, 5.41) is 15.7. The van der Waals surface area contributed by atoms with E-state index in [2.05, 4.69) is 0 Å². The molecule has 2 nitrogen and oxygen atoms in total. The molecule has 0 spiro atoms. The molecule has 0 saturated carbocycles. The predicted molar refractivity (Wildman–Crippen MR) is 48.5 cm³/mol. The lowest BCUT2D eigenvalue weighted by molar-refractivity contribution is -0.137. The molecule has 0 aliphatic rings. The molecule has 0 bridgehead atoms. The molecule has 0 aromatic heterocycles. The van der Waals surface area contributed by atoms with Gasteiger partial charge in [0, 0.05) is 0 Å². The van der Waals surface area contributed by atoms with Crippen LogP contribution >= 0.6 is 0 Å². The normalized spacial score (nSPS) is 10.8. The summed E-state index contributed by atoms with van der Waals surface area (Å²) in [4.78, 5) is 0. The molecule has 0 atom stereocenters. The van der Waals surface area contributed by atoms with Crippen LogP contribution in [0.4, 0.5) is 13.2 Å². The molecular formula is C10H7F3N2. The Labute approximate surface area is 84.5 Å². The fourth-order valence-corrected chi connectivity index (χ4v) is 1.04. The van der Waals surface area contributed by atoms with E-state index in [0.29, 0.717) is 5.56 Å². The molecule has 78 valence electrons. The number of hydrogen-bond acceptors (Lipinski definition) is 2. The second-order valence-electron chi connectivity index (χ2n) is 2.89. The first-order valence-electron chi connectivity index (χ1n) is 4.07. The Morgan fingerprint density at radius 2 is 1.80 bits per heavy atom. The van der Waals surface area contributed by atoms with Crippen LogP contribution < -0.4 is 0 Å². The standard InChI is InChI=1S/C10H7F3N2/c11-10(12,13)8-3-1-7(2-4-8)9(15)5-6-14/h1-4,15H,5H2. The number of nitrogens with one attached hydrogen (secondary N) is 1. The Morgan fingerprint density at radius 1 is 1.27 bits per heavy atom. The zero-order valence-corrected chi connectivity index (χ0v) is 7.60. The van der Waals surface area contributed by atoms with E-state index in [-0.39, 0.29) is 12.1 Å². The number of nitriles is 1. The minimum atomic E-state index is -4.37. The third-order valence-electron chi connectivity index (χ3n) is 1.82. The summed E-state index contributed by atoms with van der Waals surface area (Å²) < 4.78 is 36.5. The van der Waals surface area contributed by atoms with Gasteiger partial charge in [-0.15, -0.1) is 0 Å². The summed E-state index contributed by atoms with van der Waals surface area (Å²) in [6, 6.07) is 5.97. The molecule has 0 saturated heterocycles. The third-order valence-corrected chi connectivity index (χ3v) is 1.82. The molecule has 0 amide bonds. The molecule has 0 radical (unpaired) electrons. The minimum absolute atomic E-state index is 0.0197. The second-order valence-corrected chi connectivity index (χ2v) is 2.89. The maximum Gasteiger partial charge on any atom is 0.416 e. The SMILES string of the molecule is N#CCC(=N)c1ccc(C(F)(F)F)cc1. The molecule has 1 aromatic rings. The quantitative estimate of drug-likeness (QED) is 0.752. The molecule has 1 N–H and O–H groups in total. The van der Waals surface area contributed by atoms with E-state index < -0.39 is 11.7 Å². The number of benzene rings is 1. The molecule has 15 heavy (non-hydrogen) atoms. The van der Waals surface area contributed by atoms with Crippen molar-refractivity contribution in [2.45, 2.75) is 12.6 Å². The first-order chi connectivity index (χ1) is 6.95. The maximum atomic E-state index is 12.2. The van der Waals surface area contributed by atoms with E-state index in [1.54, 1.807) is 6.07 Å². The summed E-state index contributed by atoms with van der Waals surface area (Å²) in [6.45, 7) is 0. The minimum Gasteiger partial charge on any atom is -0.304 e. The summed E-state index contributed by atoms with van der Waals surface area (Å²) in [6.07, 6.45) is -4.47. The van der Waals surface area contributed by atoms with Crippen LogP contribution in [0.1, 0.15) is 17.5 Å². The fraction of sp³-hybridized carbons (Fsp3) is 0.200. The molecule has 0 heterocycles. The van der Waals surface area contributed by atoms with Gasteiger partial charge in [-0.3, -0.25) is 0 Å². The van der Waals surface area contributed by atoms with E-state index in [4.69, 9.17) is 10.7 Å². The zero-order chi connectivity index (χ0) is 11.5. The van der Waals surface area contributed by atoms with Crippen LogP contribution in [0.15, 0.2) is 24.3 Å². The van der Waals surface area contributed by atoms with Crippen LogP contribution in [-0.4, -0.2) is 5.71 Å². The summed E-state index contributed by atoms with van der Waals surface area (Å²) in [5.74, 6) is 0. The molecule has 1 rings (SSSR count). The Kier molecular flexibility index (Phi) is 3.10. The van der Waals surface area contributed by atoms with Crippen molar-refractivity contribution in [3.63, 3.8) is 0 Å². The highest BCUT2D eigenvalue weighted by Gasteiger charge is 2.29. The van der Waals surface area contributed by atoms with Crippen molar-refractivity contribution in [3.8, 4) is 6.07 Å². The van der Waals surface area contributed by atoms with Gasteiger partial charge in [0.1, 0.15) is 0 Å². The molecular weight excluding hydrogens is 205 g/mol. The number of halogens is 3. The van der Waals surface area contributed by atoms with Crippen LogP contribution in [0.3, 0.4) is 0 Å². The largest absolute Gasteiger partial charge is 0.416 e. The lowest BCUT2D eigenvalue weighted by atomic mass is 10.1. The van der Waals surface area contributed by atoms with Gasteiger partial charge in [-0.25, -0.2) is 0 Å². The summed E-state index contributed by atoms with van der Waals surface area (Å²) in [7, 11) is 0. The van der Waals surface area contributed by atoms with Gasteiger partial charge in [0.2, 0.25) is 0 Å². The first-order valence-corrected chi connectivity index (χ1v) is 4.07. The van der Waals surface area contributed by atoms with Crippen molar-refractivity contribution < 1.29 is 13.2 Å². The molecule has 0 unspecified atom stereocenters. The van der Waals surface area contributed by atoms with Crippen LogP contribution in [-0.2, 0) is 6.18 Å². The van der Waals surface area contributed by atoms with Gasteiger partial charge in [-0.05, 0) is 17.7 Å². The van der Waals surface area contributed by atoms with Crippen molar-refractivity contribution in [1.82, 2.24) is 0 Å². The van der Waals surface area contributed by atoms with E-state index in [1.807, 2.05) is 0 Å². The van der Waals surface area contributed by atoms with Crippen molar-refractivity contribution in [2.75, 3.05) is 0 Å². The summed E-state index contributed by atoms with van der Waals surface area (Å²) >= 11 is 0. The van der Waals surface area contributed by atoms with E-state index >= 15 is 0 Å². The Morgan fingerprint density at radius 3 is 2.20 bits per heavy atom. The van der Waals surface area contributed by atoms with Gasteiger partial charge in [-0.2, -0.15) is 18.4 Å².